The first kappa shape index (κ1) is 22.4. The molecular formula is C22H24BN6O5. The van der Waals surface area contributed by atoms with Crippen LogP contribution in [0.4, 0.5) is 5.95 Å². The Morgan fingerprint density at radius 2 is 2.06 bits per heavy atom. The fraction of sp³-hybridized carbons (Fsp3) is 0.409. The molecule has 2 saturated heterocycles. The molecule has 3 atom stereocenters. The average molecular weight is 463 g/mol. The zero-order valence-corrected chi connectivity index (χ0v) is 18.9. The lowest BCUT2D eigenvalue weighted by Crippen LogP contribution is -2.41. The molecule has 34 heavy (non-hydrogen) atoms. The lowest BCUT2D eigenvalue weighted by Gasteiger charge is -2.24. The van der Waals surface area contributed by atoms with Crippen molar-refractivity contribution in [2.24, 2.45) is 5.16 Å². The minimum absolute atomic E-state index is 0.0331. The maximum atomic E-state index is 12.6. The summed E-state index contributed by atoms with van der Waals surface area (Å²) in [5, 5.41) is 7.35. The quantitative estimate of drug-likeness (QED) is 0.643. The van der Waals surface area contributed by atoms with E-state index in [1.807, 2.05) is 18.2 Å². The summed E-state index contributed by atoms with van der Waals surface area (Å²) in [4.78, 5) is 27.9. The largest absolute Gasteiger partial charge is 0.597 e. The highest BCUT2D eigenvalue weighted by Crippen LogP contribution is 2.28. The molecule has 2 aromatic heterocycles. The number of pyridine rings is 1. The number of likely N-dealkylation sites (tertiary alicyclic amines) is 1. The van der Waals surface area contributed by atoms with Crippen LogP contribution in [0.5, 0.6) is 0 Å². The van der Waals surface area contributed by atoms with E-state index in [4.69, 9.17) is 23.9 Å². The van der Waals surface area contributed by atoms with Gasteiger partial charge in [-0.1, -0.05) is 6.07 Å². The maximum Gasteiger partial charge on any atom is 0.597 e. The van der Waals surface area contributed by atoms with Gasteiger partial charge in [0.05, 0.1) is 36.3 Å². The molecule has 1 amide bonds. The Labute approximate surface area is 197 Å². The Bertz CT molecular complexity index is 1130. The fourth-order valence-corrected chi connectivity index (χ4v) is 4.09. The number of ether oxygens (including phenoxy) is 2. The Morgan fingerprint density at radius 3 is 2.88 bits per heavy atom. The second kappa shape index (κ2) is 9.49. The molecule has 0 aromatic carbocycles. The molecule has 3 aliphatic heterocycles. The molecule has 0 aliphatic carbocycles. The number of oxime groups is 1. The van der Waals surface area contributed by atoms with Gasteiger partial charge >= 0.3 is 7.69 Å². The van der Waals surface area contributed by atoms with Crippen LogP contribution in [0.2, 0.25) is 0 Å². The number of anilines is 1. The minimum Gasteiger partial charge on any atom is -0.431 e. The SMILES string of the molecule is COC1COCC1Nc1nccc(-c2cccc(C3=N/O[B]OC4(\C=C\3)CCN(C)C4=O)n2)n1. The second-order valence-corrected chi connectivity index (χ2v) is 8.23. The molecule has 1 spiro atoms. The van der Waals surface area contributed by atoms with Gasteiger partial charge in [-0.3, -0.25) is 4.79 Å². The first-order valence-corrected chi connectivity index (χ1v) is 10.9. The lowest BCUT2D eigenvalue weighted by atomic mass is 9.98. The van der Waals surface area contributed by atoms with Crippen molar-refractivity contribution in [3.63, 3.8) is 0 Å². The van der Waals surface area contributed by atoms with Crippen LogP contribution in [-0.2, 0) is 23.7 Å². The summed E-state index contributed by atoms with van der Waals surface area (Å²) in [5.74, 6) is 0.335. The Balaban J connectivity index is 1.38. The Hall–Kier alpha value is -3.35. The van der Waals surface area contributed by atoms with Crippen LogP contribution in [-0.4, -0.2) is 90.8 Å². The number of hydrogen-bond acceptors (Lipinski definition) is 10. The number of rotatable bonds is 5. The maximum absolute atomic E-state index is 12.6. The molecule has 5 rings (SSSR count). The van der Waals surface area contributed by atoms with Crippen LogP contribution in [0, 0.1) is 0 Å². The van der Waals surface area contributed by atoms with Crippen molar-refractivity contribution in [3.8, 4) is 11.4 Å². The molecule has 0 saturated carbocycles. The summed E-state index contributed by atoms with van der Waals surface area (Å²) in [6.07, 6.45) is 5.55. The summed E-state index contributed by atoms with van der Waals surface area (Å²) in [5.41, 5.74) is 1.21. The van der Waals surface area contributed by atoms with Crippen molar-refractivity contribution in [3.05, 3.63) is 48.3 Å². The number of allylic oxidation sites excluding steroid dienone is 1. The zero-order chi connectivity index (χ0) is 23.5. The highest BCUT2D eigenvalue weighted by Gasteiger charge is 2.45. The van der Waals surface area contributed by atoms with E-state index >= 15 is 0 Å². The summed E-state index contributed by atoms with van der Waals surface area (Å²) in [6, 6.07) is 7.28. The third kappa shape index (κ3) is 4.39. The number of nitrogens with one attached hydrogen (secondary N) is 1. The predicted molar refractivity (Wildman–Crippen MR) is 123 cm³/mol. The van der Waals surface area contributed by atoms with Crippen molar-refractivity contribution in [2.75, 3.05) is 39.2 Å². The van der Waals surface area contributed by atoms with Gasteiger partial charge in [0.1, 0.15) is 11.8 Å². The first-order valence-electron chi connectivity index (χ1n) is 10.9. The zero-order valence-electron chi connectivity index (χ0n) is 18.9. The number of aromatic nitrogens is 3. The van der Waals surface area contributed by atoms with E-state index in [0.717, 1.165) is 7.69 Å². The predicted octanol–water partition coefficient (Wildman–Crippen LogP) is 0.806. The van der Waals surface area contributed by atoms with Gasteiger partial charge in [0.15, 0.2) is 5.60 Å². The third-order valence-electron chi connectivity index (χ3n) is 6.07. The van der Waals surface area contributed by atoms with Gasteiger partial charge in [-0.15, -0.1) is 5.16 Å². The van der Waals surface area contributed by atoms with Crippen LogP contribution in [0.1, 0.15) is 12.1 Å². The first-order chi connectivity index (χ1) is 16.6. The number of likely N-dealkylation sites (N-methyl/N-ethyl adjacent to an activating group) is 1. The van der Waals surface area contributed by atoms with E-state index in [0.29, 0.717) is 54.9 Å². The molecule has 2 fully saturated rings. The normalized spacial score (nSPS) is 29.1. The van der Waals surface area contributed by atoms with E-state index in [1.54, 1.807) is 43.5 Å². The van der Waals surface area contributed by atoms with Crippen molar-refractivity contribution < 1.29 is 23.7 Å². The van der Waals surface area contributed by atoms with Gasteiger partial charge < -0.3 is 29.1 Å². The number of carbonyl (C=O) groups excluding carboxylic acids is 1. The van der Waals surface area contributed by atoms with Crippen LogP contribution in [0.15, 0.2) is 47.8 Å². The topological polar surface area (TPSA) is 120 Å². The summed E-state index contributed by atoms with van der Waals surface area (Å²) in [6.45, 7) is 1.65. The molecule has 12 heteroatoms. The highest BCUT2D eigenvalue weighted by atomic mass is 16.7. The molecule has 11 nitrogen and oxygen atoms in total. The monoisotopic (exact) mass is 463 g/mol. The van der Waals surface area contributed by atoms with Gasteiger partial charge in [-0.25, -0.2) is 15.0 Å². The minimum atomic E-state index is -1.09. The average Bonchev–Trinajstić information content (AvgIpc) is 3.41. The fourth-order valence-electron chi connectivity index (χ4n) is 4.09. The van der Waals surface area contributed by atoms with E-state index in [-0.39, 0.29) is 18.1 Å². The molecule has 3 unspecified atom stereocenters. The third-order valence-corrected chi connectivity index (χ3v) is 6.07. The van der Waals surface area contributed by atoms with Crippen molar-refractivity contribution >= 4 is 25.3 Å². The molecule has 3 aliphatic rings. The van der Waals surface area contributed by atoms with Crippen LogP contribution >= 0.6 is 0 Å². The number of amides is 1. The lowest BCUT2D eigenvalue weighted by molar-refractivity contribution is -0.137. The summed E-state index contributed by atoms with van der Waals surface area (Å²) >= 11 is 0. The Morgan fingerprint density at radius 1 is 1.21 bits per heavy atom. The van der Waals surface area contributed by atoms with Gasteiger partial charge in [0.25, 0.3) is 5.91 Å². The van der Waals surface area contributed by atoms with Crippen LogP contribution in [0.25, 0.3) is 11.4 Å². The van der Waals surface area contributed by atoms with Crippen molar-refractivity contribution in [2.45, 2.75) is 24.2 Å². The standard InChI is InChI=1S/C22H24BN6O5/c1-29-11-9-22(20(29)30)8-6-17(28-34-23-33-22)15-5-3-4-14(25-15)16-7-10-24-21(26-16)27-18-12-32-13-19(18)31-2/h3-8,10,18-19H,9,11-13H2,1-2H3,(H,24,26,27)/b8-6+,28-17+. The second-order valence-electron chi connectivity index (χ2n) is 8.23. The van der Waals surface area contributed by atoms with Crippen molar-refractivity contribution in [1.29, 1.82) is 0 Å². The molecule has 175 valence electrons. The van der Waals surface area contributed by atoms with E-state index in [2.05, 4.69) is 20.4 Å². The number of hydrogen-bond donors (Lipinski definition) is 1. The summed E-state index contributed by atoms with van der Waals surface area (Å²) < 4.78 is 21.7. The number of nitrogens with zero attached hydrogens (tertiary/aromatic N) is 5. The molecular weight excluding hydrogens is 439 g/mol. The molecule has 1 N–H and O–H groups in total. The van der Waals surface area contributed by atoms with Crippen molar-refractivity contribution in [1.82, 2.24) is 19.9 Å². The van der Waals surface area contributed by atoms with Crippen LogP contribution in [0.3, 0.4) is 0 Å². The number of carbonyl (C=O) groups is 1. The molecule has 2 aromatic rings. The molecule has 0 bridgehead atoms. The molecule has 1 radical (unpaired) electrons. The van der Waals surface area contributed by atoms with Gasteiger partial charge in [0, 0.05) is 33.3 Å². The smallest absolute Gasteiger partial charge is 0.431 e. The van der Waals surface area contributed by atoms with E-state index in [1.165, 1.54) is 0 Å². The van der Waals surface area contributed by atoms with Gasteiger partial charge in [-0.05, 0) is 30.4 Å². The molecule has 5 heterocycles. The van der Waals surface area contributed by atoms with Gasteiger partial charge in [0.2, 0.25) is 5.95 Å². The number of methoxy groups -OCH3 is 1. The van der Waals surface area contributed by atoms with E-state index < -0.39 is 5.60 Å². The Kier molecular flexibility index (Phi) is 6.27. The van der Waals surface area contributed by atoms with Gasteiger partial charge in [-0.2, -0.15) is 0 Å². The van der Waals surface area contributed by atoms with Crippen LogP contribution < -0.4 is 5.32 Å². The highest BCUT2D eigenvalue weighted by molar-refractivity contribution is 6.20. The van der Waals surface area contributed by atoms with E-state index in [9.17, 15) is 4.79 Å². The summed E-state index contributed by atoms with van der Waals surface area (Å²) in [7, 11) is 4.49.